The van der Waals surface area contributed by atoms with Crippen LogP contribution in [-0.2, 0) is 0 Å². The second kappa shape index (κ2) is 7.09. The molecule has 1 fully saturated rings. The van der Waals surface area contributed by atoms with Crippen molar-refractivity contribution in [1.82, 2.24) is 14.9 Å². The number of H-pyrrole nitrogens is 1. The Morgan fingerprint density at radius 3 is 2.84 bits per heavy atom. The molecule has 0 aliphatic carbocycles. The molecular weight excluding hydrogens is 316 g/mol. The second-order valence-electron chi connectivity index (χ2n) is 6.82. The van der Waals surface area contributed by atoms with Gasteiger partial charge in [-0.1, -0.05) is 0 Å². The van der Waals surface area contributed by atoms with Crippen molar-refractivity contribution in [2.75, 3.05) is 32.1 Å². The summed E-state index contributed by atoms with van der Waals surface area (Å²) >= 11 is 0. The number of anilines is 1. The number of nitrogens with one attached hydrogen (secondary N) is 1. The van der Waals surface area contributed by atoms with Crippen LogP contribution in [0, 0.1) is 6.92 Å². The first-order chi connectivity index (χ1) is 12.0. The van der Waals surface area contributed by atoms with Crippen molar-refractivity contribution in [3.05, 3.63) is 57.6 Å². The minimum absolute atomic E-state index is 0.187. The molecule has 1 aliphatic rings. The Bertz CT molecular complexity index is 828. The van der Waals surface area contributed by atoms with Gasteiger partial charge in [0, 0.05) is 45.0 Å². The van der Waals surface area contributed by atoms with Gasteiger partial charge in [-0.15, -0.1) is 0 Å². The van der Waals surface area contributed by atoms with Gasteiger partial charge in [-0.25, -0.2) is 4.98 Å². The summed E-state index contributed by atoms with van der Waals surface area (Å²) in [4.78, 5) is 35.7. The van der Waals surface area contributed by atoms with Gasteiger partial charge in [-0.05, 0) is 49.6 Å². The van der Waals surface area contributed by atoms with Crippen LogP contribution in [0.5, 0.6) is 0 Å². The summed E-state index contributed by atoms with van der Waals surface area (Å²) in [5.74, 6) is 0.993. The lowest BCUT2D eigenvalue weighted by Crippen LogP contribution is -2.41. The maximum atomic E-state index is 12.8. The molecule has 0 spiro atoms. The Kier molecular flexibility index (Phi) is 4.88. The van der Waals surface area contributed by atoms with Crippen molar-refractivity contribution >= 4 is 11.7 Å². The number of hydrogen-bond donors (Lipinski definition) is 1. The van der Waals surface area contributed by atoms with Crippen molar-refractivity contribution in [3.63, 3.8) is 0 Å². The van der Waals surface area contributed by atoms with Gasteiger partial charge in [0.25, 0.3) is 11.5 Å². The number of nitrogens with zero attached hydrogens (tertiary/aromatic N) is 3. The van der Waals surface area contributed by atoms with Crippen LogP contribution in [0.4, 0.5) is 5.82 Å². The highest BCUT2D eigenvalue weighted by atomic mass is 16.2. The number of rotatable bonds is 3. The Hall–Kier alpha value is -2.63. The number of carbonyl (C=O) groups is 1. The van der Waals surface area contributed by atoms with Crippen LogP contribution < -0.4 is 10.5 Å². The minimum Gasteiger partial charge on any atom is -0.363 e. The standard InChI is InChI=1S/C19H24N4O2/c1-13-6-7-16(18(24)21-13)19(25)23-10-4-5-15(12-23)14-8-9-20-17(11-14)22(2)3/h6-9,11,15H,4-5,10,12H2,1-3H3,(H,21,24)/t15-/m1/s1. The molecule has 0 radical (unpaired) electrons. The molecular formula is C19H24N4O2. The average Bonchev–Trinajstić information content (AvgIpc) is 2.61. The summed E-state index contributed by atoms with van der Waals surface area (Å²) in [5.41, 5.74) is 1.85. The van der Waals surface area contributed by atoms with Gasteiger partial charge in [0.05, 0.1) is 0 Å². The Morgan fingerprint density at radius 2 is 2.12 bits per heavy atom. The van der Waals surface area contributed by atoms with Crippen molar-refractivity contribution in [2.45, 2.75) is 25.7 Å². The quantitative estimate of drug-likeness (QED) is 0.930. The molecule has 3 rings (SSSR count). The van der Waals surface area contributed by atoms with Crippen LogP contribution in [0.3, 0.4) is 0 Å². The number of amides is 1. The van der Waals surface area contributed by atoms with E-state index in [9.17, 15) is 9.59 Å². The molecule has 0 unspecified atom stereocenters. The Balaban J connectivity index is 1.80. The minimum atomic E-state index is -0.314. The fourth-order valence-electron chi connectivity index (χ4n) is 3.28. The first kappa shape index (κ1) is 17.2. The normalized spacial score (nSPS) is 17.4. The number of aryl methyl sites for hydroxylation is 1. The molecule has 6 nitrogen and oxygen atoms in total. The van der Waals surface area contributed by atoms with E-state index in [0.717, 1.165) is 24.4 Å². The lowest BCUT2D eigenvalue weighted by atomic mass is 9.91. The molecule has 132 valence electrons. The highest BCUT2D eigenvalue weighted by molar-refractivity contribution is 5.94. The molecule has 1 N–H and O–H groups in total. The van der Waals surface area contributed by atoms with E-state index in [-0.39, 0.29) is 22.9 Å². The topological polar surface area (TPSA) is 69.3 Å². The van der Waals surface area contributed by atoms with Gasteiger partial charge in [0.2, 0.25) is 0 Å². The number of aromatic nitrogens is 2. The van der Waals surface area contributed by atoms with E-state index in [1.165, 1.54) is 5.56 Å². The van der Waals surface area contributed by atoms with Crippen LogP contribution in [0.15, 0.2) is 35.3 Å². The summed E-state index contributed by atoms with van der Waals surface area (Å²) in [6, 6.07) is 7.49. The van der Waals surface area contributed by atoms with Gasteiger partial charge < -0.3 is 14.8 Å². The predicted molar refractivity (Wildman–Crippen MR) is 98.2 cm³/mol. The maximum Gasteiger partial charge on any atom is 0.260 e. The van der Waals surface area contributed by atoms with Crippen LogP contribution in [0.1, 0.15) is 40.4 Å². The van der Waals surface area contributed by atoms with Crippen LogP contribution in [0.2, 0.25) is 0 Å². The third-order valence-corrected chi connectivity index (χ3v) is 4.69. The zero-order valence-corrected chi connectivity index (χ0v) is 15.0. The van der Waals surface area contributed by atoms with Crippen LogP contribution in [-0.4, -0.2) is 48.0 Å². The summed E-state index contributed by atoms with van der Waals surface area (Å²) in [7, 11) is 3.93. The van der Waals surface area contributed by atoms with Crippen molar-refractivity contribution in [3.8, 4) is 0 Å². The Morgan fingerprint density at radius 1 is 1.32 bits per heavy atom. The van der Waals surface area contributed by atoms with Crippen LogP contribution >= 0.6 is 0 Å². The summed E-state index contributed by atoms with van der Waals surface area (Å²) in [5, 5.41) is 0. The molecule has 1 amide bonds. The zero-order chi connectivity index (χ0) is 18.0. The third kappa shape index (κ3) is 3.73. The van der Waals surface area contributed by atoms with Crippen molar-refractivity contribution in [2.24, 2.45) is 0 Å². The number of pyridine rings is 2. The molecule has 1 atom stereocenters. The molecule has 25 heavy (non-hydrogen) atoms. The molecule has 1 saturated heterocycles. The molecule has 6 heteroatoms. The maximum absolute atomic E-state index is 12.8. The van der Waals surface area contributed by atoms with Crippen molar-refractivity contribution < 1.29 is 4.79 Å². The van der Waals surface area contributed by atoms with Gasteiger partial charge in [-0.3, -0.25) is 9.59 Å². The van der Waals surface area contributed by atoms with E-state index >= 15 is 0 Å². The van der Waals surface area contributed by atoms with E-state index in [1.807, 2.05) is 31.3 Å². The first-order valence-electron chi connectivity index (χ1n) is 8.58. The molecule has 3 heterocycles. The number of likely N-dealkylation sites (tertiary alicyclic amines) is 1. The molecule has 0 bridgehead atoms. The van der Waals surface area contributed by atoms with E-state index in [0.29, 0.717) is 13.1 Å². The summed E-state index contributed by atoms with van der Waals surface area (Å²) < 4.78 is 0. The van der Waals surface area contributed by atoms with Gasteiger partial charge >= 0.3 is 0 Å². The van der Waals surface area contributed by atoms with Crippen molar-refractivity contribution in [1.29, 1.82) is 0 Å². The van der Waals surface area contributed by atoms with Gasteiger partial charge in [0.1, 0.15) is 11.4 Å². The second-order valence-corrected chi connectivity index (χ2v) is 6.82. The largest absolute Gasteiger partial charge is 0.363 e. The Labute approximate surface area is 147 Å². The average molecular weight is 340 g/mol. The monoisotopic (exact) mass is 340 g/mol. The van der Waals surface area contributed by atoms with E-state index in [2.05, 4.69) is 16.0 Å². The lowest BCUT2D eigenvalue weighted by Gasteiger charge is -2.33. The highest BCUT2D eigenvalue weighted by Gasteiger charge is 2.27. The number of hydrogen-bond acceptors (Lipinski definition) is 4. The molecule has 0 aromatic carbocycles. The zero-order valence-electron chi connectivity index (χ0n) is 15.0. The van der Waals surface area contributed by atoms with Gasteiger partial charge in [-0.2, -0.15) is 0 Å². The highest BCUT2D eigenvalue weighted by Crippen LogP contribution is 2.28. The molecule has 1 aliphatic heterocycles. The predicted octanol–water partition coefficient (Wildman–Crippen LogP) is 2.16. The smallest absolute Gasteiger partial charge is 0.260 e. The SMILES string of the molecule is Cc1ccc(C(=O)N2CCC[C@@H](c3ccnc(N(C)C)c3)C2)c(=O)[nH]1. The number of aromatic amines is 1. The van der Waals surface area contributed by atoms with E-state index in [1.54, 1.807) is 24.0 Å². The van der Waals surface area contributed by atoms with E-state index in [4.69, 9.17) is 0 Å². The van der Waals surface area contributed by atoms with Crippen LogP contribution in [0.25, 0.3) is 0 Å². The molecule has 0 saturated carbocycles. The fraction of sp³-hybridized carbons (Fsp3) is 0.421. The summed E-state index contributed by atoms with van der Waals surface area (Å²) in [6.45, 7) is 3.12. The first-order valence-corrected chi connectivity index (χ1v) is 8.58. The molecule has 2 aromatic rings. The fourth-order valence-corrected chi connectivity index (χ4v) is 3.28. The number of carbonyl (C=O) groups excluding carboxylic acids is 1. The van der Waals surface area contributed by atoms with E-state index < -0.39 is 0 Å². The number of piperidine rings is 1. The van der Waals surface area contributed by atoms with Gasteiger partial charge in [0.15, 0.2) is 0 Å². The lowest BCUT2D eigenvalue weighted by molar-refractivity contribution is 0.0705. The summed E-state index contributed by atoms with van der Waals surface area (Å²) in [6.07, 6.45) is 3.78. The third-order valence-electron chi connectivity index (χ3n) is 4.69. The molecule has 2 aromatic heterocycles.